The molecule has 0 heterocycles. The third-order valence-corrected chi connectivity index (χ3v) is 1.93. The summed E-state index contributed by atoms with van der Waals surface area (Å²) >= 11 is 5.50. The van der Waals surface area contributed by atoms with Crippen molar-refractivity contribution in [2.45, 2.75) is 6.92 Å². The van der Waals surface area contributed by atoms with E-state index < -0.39 is 5.82 Å². The molecule has 1 rings (SSSR count). The SMILES string of the molecule is COc1c(C(C)=O)ccc(Cl)c1F. The van der Waals surface area contributed by atoms with Crippen LogP contribution in [0.1, 0.15) is 17.3 Å². The van der Waals surface area contributed by atoms with Crippen molar-refractivity contribution in [3.63, 3.8) is 0 Å². The van der Waals surface area contributed by atoms with E-state index in [2.05, 4.69) is 0 Å². The molecule has 0 aliphatic carbocycles. The summed E-state index contributed by atoms with van der Waals surface area (Å²) in [6.45, 7) is 1.34. The van der Waals surface area contributed by atoms with E-state index in [-0.39, 0.29) is 22.1 Å². The zero-order valence-corrected chi connectivity index (χ0v) is 7.98. The fraction of sp³-hybridized carbons (Fsp3) is 0.222. The van der Waals surface area contributed by atoms with E-state index in [1.54, 1.807) is 0 Å². The molecule has 2 nitrogen and oxygen atoms in total. The number of Topliss-reactive ketones (excluding diaryl/α,β-unsaturated/α-hetero) is 1. The lowest BCUT2D eigenvalue weighted by molar-refractivity contribution is 0.101. The minimum atomic E-state index is -0.697. The highest BCUT2D eigenvalue weighted by molar-refractivity contribution is 6.31. The molecule has 1 aromatic rings. The van der Waals surface area contributed by atoms with E-state index in [1.165, 1.54) is 26.2 Å². The van der Waals surface area contributed by atoms with Crippen LogP contribution >= 0.6 is 11.6 Å². The lowest BCUT2D eigenvalue weighted by Gasteiger charge is -2.07. The predicted octanol–water partition coefficient (Wildman–Crippen LogP) is 2.69. The Morgan fingerprint density at radius 2 is 2.15 bits per heavy atom. The minimum absolute atomic E-state index is 0.0538. The molecule has 0 N–H and O–H groups in total. The molecule has 0 fully saturated rings. The second-order valence-electron chi connectivity index (χ2n) is 2.50. The molecule has 70 valence electrons. The smallest absolute Gasteiger partial charge is 0.184 e. The fourth-order valence-electron chi connectivity index (χ4n) is 1.01. The fourth-order valence-corrected chi connectivity index (χ4v) is 1.16. The van der Waals surface area contributed by atoms with Gasteiger partial charge in [0.05, 0.1) is 17.7 Å². The molecule has 0 aliphatic heterocycles. The maximum absolute atomic E-state index is 13.2. The highest BCUT2D eigenvalue weighted by Gasteiger charge is 2.15. The molecule has 0 amide bonds. The quantitative estimate of drug-likeness (QED) is 0.690. The summed E-state index contributed by atoms with van der Waals surface area (Å²) < 4.78 is 18.0. The maximum Gasteiger partial charge on any atom is 0.184 e. The van der Waals surface area contributed by atoms with Crippen LogP contribution in [-0.4, -0.2) is 12.9 Å². The van der Waals surface area contributed by atoms with Crippen LogP contribution in [0.25, 0.3) is 0 Å². The molecule has 0 saturated carbocycles. The van der Waals surface area contributed by atoms with E-state index in [1.807, 2.05) is 0 Å². The van der Waals surface area contributed by atoms with Gasteiger partial charge in [0.1, 0.15) is 0 Å². The Kier molecular flexibility index (Phi) is 2.88. The predicted molar refractivity (Wildman–Crippen MR) is 48.0 cm³/mol. The highest BCUT2D eigenvalue weighted by Crippen LogP contribution is 2.28. The second kappa shape index (κ2) is 3.75. The topological polar surface area (TPSA) is 26.3 Å². The first-order chi connectivity index (χ1) is 6.07. The van der Waals surface area contributed by atoms with Crippen LogP contribution in [0.15, 0.2) is 12.1 Å². The number of rotatable bonds is 2. The molecular formula is C9H8ClFO2. The number of hydrogen-bond acceptors (Lipinski definition) is 2. The molecular weight excluding hydrogens is 195 g/mol. The molecule has 1 aromatic carbocycles. The molecule has 0 aromatic heterocycles. The van der Waals surface area contributed by atoms with Crippen molar-refractivity contribution in [1.82, 2.24) is 0 Å². The summed E-state index contributed by atoms with van der Waals surface area (Å²) in [4.78, 5) is 11.0. The number of methoxy groups -OCH3 is 1. The van der Waals surface area contributed by atoms with Crippen LogP contribution in [0.5, 0.6) is 5.75 Å². The van der Waals surface area contributed by atoms with Gasteiger partial charge in [-0.2, -0.15) is 0 Å². The minimum Gasteiger partial charge on any atom is -0.493 e. The van der Waals surface area contributed by atoms with Crippen molar-refractivity contribution in [3.05, 3.63) is 28.5 Å². The maximum atomic E-state index is 13.2. The van der Waals surface area contributed by atoms with Crippen LogP contribution in [0.3, 0.4) is 0 Å². The highest BCUT2D eigenvalue weighted by atomic mass is 35.5. The van der Waals surface area contributed by atoms with Crippen LogP contribution < -0.4 is 4.74 Å². The van der Waals surface area contributed by atoms with Gasteiger partial charge >= 0.3 is 0 Å². The first-order valence-electron chi connectivity index (χ1n) is 3.61. The zero-order valence-electron chi connectivity index (χ0n) is 7.23. The Morgan fingerprint density at radius 1 is 1.54 bits per heavy atom. The van der Waals surface area contributed by atoms with E-state index in [0.29, 0.717) is 0 Å². The largest absolute Gasteiger partial charge is 0.493 e. The van der Waals surface area contributed by atoms with Crippen molar-refractivity contribution in [2.75, 3.05) is 7.11 Å². The van der Waals surface area contributed by atoms with Gasteiger partial charge in [-0.3, -0.25) is 4.79 Å². The van der Waals surface area contributed by atoms with E-state index in [9.17, 15) is 9.18 Å². The normalized spacial score (nSPS) is 9.85. The molecule has 0 atom stereocenters. The Balaban J connectivity index is 3.38. The Morgan fingerprint density at radius 3 is 2.62 bits per heavy atom. The third-order valence-electron chi connectivity index (χ3n) is 1.63. The summed E-state index contributed by atoms with van der Waals surface area (Å²) in [5.41, 5.74) is 0.199. The molecule has 0 spiro atoms. The Bertz CT molecular complexity index is 350. The number of carbonyl (C=O) groups is 1. The van der Waals surface area contributed by atoms with Crippen LogP contribution in [-0.2, 0) is 0 Å². The Labute approximate surface area is 80.3 Å². The molecule has 0 bridgehead atoms. The number of ketones is 1. The number of hydrogen-bond donors (Lipinski definition) is 0. The van der Waals surface area contributed by atoms with Gasteiger partial charge in [-0.25, -0.2) is 4.39 Å². The molecule has 13 heavy (non-hydrogen) atoms. The van der Waals surface area contributed by atoms with Crippen LogP contribution in [0, 0.1) is 5.82 Å². The van der Waals surface area contributed by atoms with Gasteiger partial charge in [-0.15, -0.1) is 0 Å². The lowest BCUT2D eigenvalue weighted by atomic mass is 10.1. The van der Waals surface area contributed by atoms with Gasteiger partial charge < -0.3 is 4.74 Å². The summed E-state index contributed by atoms with van der Waals surface area (Å²) in [7, 11) is 1.29. The summed E-state index contributed by atoms with van der Waals surface area (Å²) in [5, 5.41) is -0.0538. The third kappa shape index (κ3) is 1.80. The number of halogens is 2. The molecule has 0 aliphatic rings. The second-order valence-corrected chi connectivity index (χ2v) is 2.91. The van der Waals surface area contributed by atoms with Crippen LogP contribution in [0.4, 0.5) is 4.39 Å². The number of benzene rings is 1. The van der Waals surface area contributed by atoms with Gasteiger partial charge in [0.2, 0.25) is 0 Å². The van der Waals surface area contributed by atoms with Gasteiger partial charge in [0.15, 0.2) is 17.3 Å². The zero-order chi connectivity index (χ0) is 10.0. The average Bonchev–Trinajstić information content (AvgIpc) is 2.09. The van der Waals surface area contributed by atoms with Gasteiger partial charge in [-0.1, -0.05) is 11.6 Å². The molecule has 0 saturated heterocycles. The van der Waals surface area contributed by atoms with E-state index in [4.69, 9.17) is 16.3 Å². The first kappa shape index (κ1) is 9.99. The standard InChI is InChI=1S/C9H8ClFO2/c1-5(12)6-3-4-7(10)8(11)9(6)13-2/h3-4H,1-2H3. The summed E-state index contributed by atoms with van der Waals surface area (Å²) in [6.07, 6.45) is 0. The van der Waals surface area contributed by atoms with Gasteiger partial charge in [0, 0.05) is 0 Å². The molecule has 0 unspecified atom stereocenters. The van der Waals surface area contributed by atoms with E-state index >= 15 is 0 Å². The van der Waals surface area contributed by atoms with Crippen molar-refractivity contribution in [1.29, 1.82) is 0 Å². The monoisotopic (exact) mass is 202 g/mol. The first-order valence-corrected chi connectivity index (χ1v) is 3.98. The molecule has 4 heteroatoms. The average molecular weight is 203 g/mol. The van der Waals surface area contributed by atoms with Crippen molar-refractivity contribution in [3.8, 4) is 5.75 Å². The number of carbonyl (C=O) groups excluding carboxylic acids is 1. The van der Waals surface area contributed by atoms with Crippen molar-refractivity contribution < 1.29 is 13.9 Å². The van der Waals surface area contributed by atoms with Crippen LogP contribution in [0.2, 0.25) is 5.02 Å². The van der Waals surface area contributed by atoms with Crippen molar-refractivity contribution in [2.24, 2.45) is 0 Å². The van der Waals surface area contributed by atoms with Gasteiger partial charge in [-0.05, 0) is 19.1 Å². The summed E-state index contributed by atoms with van der Waals surface area (Å²) in [6, 6.07) is 2.77. The number of ether oxygens (including phenoxy) is 1. The lowest BCUT2D eigenvalue weighted by Crippen LogP contribution is -2.00. The molecule has 0 radical (unpaired) electrons. The van der Waals surface area contributed by atoms with Gasteiger partial charge in [0.25, 0.3) is 0 Å². The summed E-state index contributed by atoms with van der Waals surface area (Å²) in [5.74, 6) is -1.05. The van der Waals surface area contributed by atoms with Crippen molar-refractivity contribution >= 4 is 17.4 Å². The van der Waals surface area contributed by atoms with E-state index in [0.717, 1.165) is 0 Å². The Hall–Kier alpha value is -1.09.